The van der Waals surface area contributed by atoms with Crippen LogP contribution in [0.4, 0.5) is 5.69 Å². The molecule has 1 heterocycles. The molecule has 2 aromatic rings. The maximum atomic E-state index is 12.0. The summed E-state index contributed by atoms with van der Waals surface area (Å²) < 4.78 is 0. The van der Waals surface area contributed by atoms with E-state index in [4.69, 9.17) is 0 Å². The first-order valence-corrected chi connectivity index (χ1v) is 7.78. The Morgan fingerprint density at radius 1 is 1.29 bits per heavy atom. The molecule has 1 aromatic carbocycles. The number of amides is 1. The van der Waals surface area contributed by atoms with E-state index in [2.05, 4.69) is 5.32 Å². The van der Waals surface area contributed by atoms with Crippen molar-refractivity contribution in [2.24, 2.45) is 0 Å². The normalized spacial score (nSPS) is 12.0. The van der Waals surface area contributed by atoms with E-state index in [0.717, 1.165) is 11.3 Å². The lowest BCUT2D eigenvalue weighted by atomic mass is 10.1. The van der Waals surface area contributed by atoms with Gasteiger partial charge in [-0.1, -0.05) is 0 Å². The number of thiophene rings is 1. The van der Waals surface area contributed by atoms with Gasteiger partial charge in [0, 0.05) is 31.9 Å². The Bertz CT molecular complexity index is 564. The number of nitrogens with zero attached hydrogens (tertiary/aromatic N) is 1. The fraction of sp³-hybridized carbons (Fsp3) is 0.312. The summed E-state index contributed by atoms with van der Waals surface area (Å²) in [5.41, 5.74) is 2.59. The van der Waals surface area contributed by atoms with Gasteiger partial charge in [-0.3, -0.25) is 4.79 Å². The van der Waals surface area contributed by atoms with Gasteiger partial charge >= 0.3 is 0 Å². The lowest BCUT2D eigenvalue weighted by Crippen LogP contribution is -2.25. The Labute approximate surface area is 129 Å². The topological polar surface area (TPSA) is 52.6 Å². The molecule has 21 heavy (non-hydrogen) atoms. The number of carbonyl (C=O) groups is 1. The van der Waals surface area contributed by atoms with Crippen LogP contribution in [0, 0.1) is 0 Å². The van der Waals surface area contributed by atoms with Gasteiger partial charge in [0.05, 0.1) is 6.10 Å². The molecule has 0 bridgehead atoms. The summed E-state index contributed by atoms with van der Waals surface area (Å²) in [6.45, 7) is 0.450. The summed E-state index contributed by atoms with van der Waals surface area (Å²) >= 11 is 1.56. The first-order chi connectivity index (χ1) is 10.1. The van der Waals surface area contributed by atoms with Gasteiger partial charge < -0.3 is 15.3 Å². The Morgan fingerprint density at radius 2 is 2.00 bits per heavy atom. The van der Waals surface area contributed by atoms with Gasteiger partial charge in [0.15, 0.2) is 0 Å². The van der Waals surface area contributed by atoms with Gasteiger partial charge in [-0.25, -0.2) is 0 Å². The van der Waals surface area contributed by atoms with Crippen molar-refractivity contribution in [3.8, 4) is 0 Å². The molecule has 0 spiro atoms. The molecule has 0 aliphatic carbocycles. The van der Waals surface area contributed by atoms with Crippen molar-refractivity contribution in [2.45, 2.75) is 12.5 Å². The molecule has 2 N–H and O–H groups in total. The van der Waals surface area contributed by atoms with Crippen molar-refractivity contribution < 1.29 is 9.90 Å². The molecule has 0 saturated carbocycles. The smallest absolute Gasteiger partial charge is 0.251 e. The minimum atomic E-state index is -0.521. The van der Waals surface area contributed by atoms with E-state index in [9.17, 15) is 9.90 Å². The van der Waals surface area contributed by atoms with Gasteiger partial charge in [0.2, 0.25) is 0 Å². The van der Waals surface area contributed by atoms with E-state index in [1.807, 2.05) is 48.0 Å². The minimum absolute atomic E-state index is 0.113. The average Bonchev–Trinajstić information content (AvgIpc) is 3.01. The molecule has 1 aromatic heterocycles. The number of nitrogens with one attached hydrogen (secondary N) is 1. The van der Waals surface area contributed by atoms with E-state index >= 15 is 0 Å². The van der Waals surface area contributed by atoms with Gasteiger partial charge in [0.25, 0.3) is 5.91 Å². The summed E-state index contributed by atoms with van der Waals surface area (Å²) in [6, 6.07) is 9.33. The number of carbonyl (C=O) groups excluding carboxylic acids is 1. The highest BCUT2D eigenvalue weighted by atomic mass is 32.1. The van der Waals surface area contributed by atoms with Crippen LogP contribution in [0.5, 0.6) is 0 Å². The third-order valence-corrected chi connectivity index (χ3v) is 3.98. The SMILES string of the molecule is CN(C)c1ccc(C(=O)NCCC(O)c2ccsc2)cc1. The van der Waals surface area contributed by atoms with Crippen LogP contribution in [0.3, 0.4) is 0 Å². The van der Waals surface area contributed by atoms with Crippen molar-refractivity contribution in [1.29, 1.82) is 0 Å². The summed E-state index contributed by atoms with van der Waals surface area (Å²) in [4.78, 5) is 14.0. The first-order valence-electron chi connectivity index (χ1n) is 6.83. The summed E-state index contributed by atoms with van der Waals surface area (Å²) in [7, 11) is 3.92. The van der Waals surface area contributed by atoms with Crippen LogP contribution >= 0.6 is 11.3 Å². The largest absolute Gasteiger partial charge is 0.388 e. The molecular weight excluding hydrogens is 284 g/mol. The van der Waals surface area contributed by atoms with Gasteiger partial charge in [-0.05, 0) is 53.1 Å². The molecular formula is C16H20N2O2S. The molecule has 112 valence electrons. The highest BCUT2D eigenvalue weighted by Gasteiger charge is 2.09. The lowest BCUT2D eigenvalue weighted by Gasteiger charge is -2.13. The van der Waals surface area contributed by atoms with Gasteiger partial charge in [0.1, 0.15) is 0 Å². The maximum Gasteiger partial charge on any atom is 0.251 e. The number of hydrogen-bond acceptors (Lipinski definition) is 4. The van der Waals surface area contributed by atoms with Crippen LogP contribution in [0.2, 0.25) is 0 Å². The molecule has 0 aliphatic rings. The predicted molar refractivity (Wildman–Crippen MR) is 87.0 cm³/mol. The number of aliphatic hydroxyl groups excluding tert-OH is 1. The zero-order chi connectivity index (χ0) is 15.2. The van der Waals surface area contributed by atoms with E-state index < -0.39 is 6.10 Å². The van der Waals surface area contributed by atoms with Crippen LogP contribution in [0.1, 0.15) is 28.4 Å². The molecule has 1 atom stereocenters. The third kappa shape index (κ3) is 4.31. The fourth-order valence-electron chi connectivity index (χ4n) is 1.97. The van der Waals surface area contributed by atoms with E-state index in [-0.39, 0.29) is 5.91 Å². The molecule has 4 nitrogen and oxygen atoms in total. The minimum Gasteiger partial charge on any atom is -0.388 e. The molecule has 2 rings (SSSR count). The Balaban J connectivity index is 1.81. The second-order valence-electron chi connectivity index (χ2n) is 5.06. The molecule has 0 fully saturated rings. The number of aliphatic hydroxyl groups is 1. The van der Waals surface area contributed by atoms with Crippen LogP contribution in [0.25, 0.3) is 0 Å². The fourth-order valence-corrected chi connectivity index (χ4v) is 2.67. The van der Waals surface area contributed by atoms with Crippen molar-refractivity contribution >= 4 is 22.9 Å². The van der Waals surface area contributed by atoms with Crippen LogP contribution in [-0.2, 0) is 0 Å². The second kappa shape index (κ2) is 7.24. The number of benzene rings is 1. The highest BCUT2D eigenvalue weighted by molar-refractivity contribution is 7.07. The van der Waals surface area contributed by atoms with Crippen LogP contribution in [-0.4, -0.2) is 31.7 Å². The van der Waals surface area contributed by atoms with Crippen LogP contribution < -0.4 is 10.2 Å². The quantitative estimate of drug-likeness (QED) is 0.862. The molecule has 0 radical (unpaired) electrons. The summed E-state index contributed by atoms with van der Waals surface area (Å²) in [6.07, 6.45) is -0.00852. The van der Waals surface area contributed by atoms with E-state index in [1.54, 1.807) is 23.5 Å². The summed E-state index contributed by atoms with van der Waals surface area (Å²) in [5, 5.41) is 16.6. The zero-order valence-electron chi connectivity index (χ0n) is 12.2. The van der Waals surface area contributed by atoms with Crippen molar-refractivity contribution in [1.82, 2.24) is 5.32 Å². The van der Waals surface area contributed by atoms with Crippen LogP contribution in [0.15, 0.2) is 41.1 Å². The monoisotopic (exact) mass is 304 g/mol. The Kier molecular flexibility index (Phi) is 5.36. The standard InChI is InChI=1S/C16H20N2O2S/c1-18(2)14-5-3-12(4-6-14)16(20)17-9-7-15(19)13-8-10-21-11-13/h3-6,8,10-11,15,19H,7,9H2,1-2H3,(H,17,20). The number of anilines is 1. The molecule has 5 heteroatoms. The predicted octanol–water partition coefficient (Wildman–Crippen LogP) is 2.67. The summed E-state index contributed by atoms with van der Waals surface area (Å²) in [5.74, 6) is -0.113. The number of rotatable bonds is 6. The molecule has 0 aliphatic heterocycles. The van der Waals surface area contributed by atoms with Crippen molar-refractivity contribution in [3.05, 3.63) is 52.2 Å². The highest BCUT2D eigenvalue weighted by Crippen LogP contribution is 2.18. The Hall–Kier alpha value is -1.85. The number of hydrogen-bond donors (Lipinski definition) is 2. The third-order valence-electron chi connectivity index (χ3n) is 3.28. The van der Waals surface area contributed by atoms with Crippen molar-refractivity contribution in [3.63, 3.8) is 0 Å². The van der Waals surface area contributed by atoms with E-state index in [0.29, 0.717) is 18.5 Å². The maximum absolute atomic E-state index is 12.0. The second-order valence-corrected chi connectivity index (χ2v) is 5.84. The van der Waals surface area contributed by atoms with Gasteiger partial charge in [-0.2, -0.15) is 11.3 Å². The average molecular weight is 304 g/mol. The lowest BCUT2D eigenvalue weighted by molar-refractivity contribution is 0.0942. The van der Waals surface area contributed by atoms with E-state index in [1.165, 1.54) is 0 Å². The zero-order valence-corrected chi connectivity index (χ0v) is 13.1. The Morgan fingerprint density at radius 3 is 2.57 bits per heavy atom. The molecule has 1 unspecified atom stereocenters. The van der Waals surface area contributed by atoms with Crippen molar-refractivity contribution in [2.75, 3.05) is 25.5 Å². The molecule has 0 saturated heterocycles. The molecule has 1 amide bonds. The van der Waals surface area contributed by atoms with Gasteiger partial charge in [-0.15, -0.1) is 0 Å². The first kappa shape index (κ1) is 15.5.